The maximum Gasteiger partial charge on any atom is 0.193 e. The van der Waals surface area contributed by atoms with Crippen molar-refractivity contribution < 1.29 is 4.39 Å². The highest BCUT2D eigenvalue weighted by Crippen LogP contribution is 2.18. The fraction of sp³-hybridized carbons (Fsp3) is 0.278. The van der Waals surface area contributed by atoms with Crippen LogP contribution >= 0.6 is 24.0 Å². The molecule has 0 aromatic heterocycles. The zero-order valence-corrected chi connectivity index (χ0v) is 16.5. The van der Waals surface area contributed by atoms with Crippen molar-refractivity contribution in [1.82, 2.24) is 0 Å². The Morgan fingerprint density at radius 2 is 1.92 bits per heavy atom. The molecule has 0 saturated heterocycles. The maximum atomic E-state index is 13.9. The van der Waals surface area contributed by atoms with Gasteiger partial charge in [0.05, 0.1) is 12.2 Å². The number of aryl methyl sites for hydroxylation is 1. The minimum absolute atomic E-state index is 0. The van der Waals surface area contributed by atoms with Gasteiger partial charge in [-0.3, -0.25) is 0 Å². The van der Waals surface area contributed by atoms with Gasteiger partial charge in [-0.25, -0.2) is 9.38 Å². The summed E-state index contributed by atoms with van der Waals surface area (Å²) in [7, 11) is 3.62. The summed E-state index contributed by atoms with van der Waals surface area (Å²) < 4.78 is 13.9. The van der Waals surface area contributed by atoms with Crippen LogP contribution in [0.3, 0.4) is 0 Å². The van der Waals surface area contributed by atoms with Crippen molar-refractivity contribution in [2.45, 2.75) is 19.9 Å². The van der Waals surface area contributed by atoms with E-state index in [2.05, 4.69) is 23.3 Å². The summed E-state index contributed by atoms with van der Waals surface area (Å²) in [6, 6.07) is 13.1. The van der Waals surface area contributed by atoms with E-state index in [4.69, 9.17) is 5.73 Å². The first kappa shape index (κ1) is 20.2. The monoisotopic (exact) mass is 442 g/mol. The predicted molar refractivity (Wildman–Crippen MR) is 111 cm³/mol. The SMILES string of the molecule is CCc1cccc(NC(N)=NCc2ccc(N(C)C)c(F)c2)c1.I. The molecule has 0 radical (unpaired) electrons. The van der Waals surface area contributed by atoms with E-state index in [-0.39, 0.29) is 29.8 Å². The zero-order valence-electron chi connectivity index (χ0n) is 14.2. The smallest absolute Gasteiger partial charge is 0.193 e. The highest BCUT2D eigenvalue weighted by Gasteiger charge is 2.05. The quantitative estimate of drug-likeness (QED) is 0.418. The number of nitrogens with two attached hydrogens (primary N) is 1. The minimum atomic E-state index is -0.259. The summed E-state index contributed by atoms with van der Waals surface area (Å²) in [4.78, 5) is 6.00. The van der Waals surface area contributed by atoms with Crippen LogP contribution in [0.1, 0.15) is 18.1 Å². The van der Waals surface area contributed by atoms with Crippen LogP contribution in [0.25, 0.3) is 0 Å². The van der Waals surface area contributed by atoms with Crippen molar-refractivity contribution in [2.75, 3.05) is 24.3 Å². The number of guanidine groups is 1. The average Bonchev–Trinajstić information content (AvgIpc) is 2.53. The summed E-state index contributed by atoms with van der Waals surface area (Å²) in [5.41, 5.74) is 9.36. The van der Waals surface area contributed by atoms with Crippen LogP contribution in [0.5, 0.6) is 0 Å². The Balaban J connectivity index is 0.00000288. The lowest BCUT2D eigenvalue weighted by Gasteiger charge is -2.13. The molecule has 0 heterocycles. The zero-order chi connectivity index (χ0) is 16.8. The number of aliphatic imine (C=N–C) groups is 1. The summed E-state index contributed by atoms with van der Waals surface area (Å²) in [6.07, 6.45) is 0.962. The minimum Gasteiger partial charge on any atom is -0.375 e. The number of nitrogens with one attached hydrogen (secondary N) is 1. The number of rotatable bonds is 5. The molecule has 0 aliphatic carbocycles. The van der Waals surface area contributed by atoms with Gasteiger partial charge in [0.1, 0.15) is 5.82 Å². The maximum absolute atomic E-state index is 13.9. The molecule has 2 rings (SSSR count). The molecular weight excluding hydrogens is 418 g/mol. The molecule has 0 bridgehead atoms. The molecule has 4 nitrogen and oxygen atoms in total. The Labute approximate surface area is 160 Å². The van der Waals surface area contributed by atoms with E-state index in [1.165, 1.54) is 11.6 Å². The fourth-order valence-electron chi connectivity index (χ4n) is 2.24. The van der Waals surface area contributed by atoms with E-state index < -0.39 is 0 Å². The summed E-state index contributed by atoms with van der Waals surface area (Å²) in [5.74, 6) is 0.0558. The van der Waals surface area contributed by atoms with E-state index in [0.29, 0.717) is 18.2 Å². The van der Waals surface area contributed by atoms with Crippen molar-refractivity contribution in [1.29, 1.82) is 0 Å². The van der Waals surface area contributed by atoms with Crippen LogP contribution in [0.4, 0.5) is 15.8 Å². The van der Waals surface area contributed by atoms with Gasteiger partial charge >= 0.3 is 0 Å². The highest BCUT2D eigenvalue weighted by atomic mass is 127. The Bertz CT molecular complexity index is 701. The van der Waals surface area contributed by atoms with Gasteiger partial charge in [-0.05, 0) is 41.8 Å². The van der Waals surface area contributed by atoms with Crippen LogP contribution in [0.15, 0.2) is 47.5 Å². The Kier molecular flexibility index (Phi) is 7.97. The van der Waals surface area contributed by atoms with E-state index in [9.17, 15) is 4.39 Å². The lowest BCUT2D eigenvalue weighted by atomic mass is 10.1. The number of nitrogens with zero attached hydrogens (tertiary/aromatic N) is 2. The number of anilines is 2. The highest BCUT2D eigenvalue weighted by molar-refractivity contribution is 14.0. The van der Waals surface area contributed by atoms with E-state index in [1.54, 1.807) is 11.0 Å². The van der Waals surface area contributed by atoms with Gasteiger partial charge in [-0.2, -0.15) is 0 Å². The molecule has 0 unspecified atom stereocenters. The third-order valence-corrected chi connectivity index (χ3v) is 3.53. The summed E-state index contributed by atoms with van der Waals surface area (Å²) >= 11 is 0. The number of hydrogen-bond acceptors (Lipinski definition) is 2. The van der Waals surface area contributed by atoms with Gasteiger partial charge in [0.25, 0.3) is 0 Å². The van der Waals surface area contributed by atoms with Crippen LogP contribution in [0, 0.1) is 5.82 Å². The van der Waals surface area contributed by atoms with Crippen molar-refractivity contribution in [3.8, 4) is 0 Å². The molecule has 0 amide bonds. The standard InChI is InChI=1S/C18H23FN4.HI/c1-4-13-6-5-7-15(10-13)22-18(20)21-12-14-8-9-17(23(2)3)16(19)11-14;/h5-11H,4,12H2,1-3H3,(H3,20,21,22);1H. The lowest BCUT2D eigenvalue weighted by Crippen LogP contribution is -2.22. The molecule has 0 fully saturated rings. The van der Waals surface area contributed by atoms with Gasteiger partial charge in [0.2, 0.25) is 0 Å². The molecule has 24 heavy (non-hydrogen) atoms. The molecule has 0 aliphatic heterocycles. The Morgan fingerprint density at radius 1 is 1.17 bits per heavy atom. The molecular formula is C18H24FIN4. The summed E-state index contributed by atoms with van der Waals surface area (Å²) in [6.45, 7) is 2.43. The van der Waals surface area contributed by atoms with Crippen molar-refractivity contribution in [2.24, 2.45) is 10.7 Å². The molecule has 6 heteroatoms. The predicted octanol–water partition coefficient (Wildman–Crippen LogP) is 4.00. The van der Waals surface area contributed by atoms with Gasteiger partial charge in [0, 0.05) is 19.8 Å². The second-order valence-electron chi connectivity index (χ2n) is 5.56. The number of halogens is 2. The number of hydrogen-bond donors (Lipinski definition) is 2. The fourth-order valence-corrected chi connectivity index (χ4v) is 2.24. The Morgan fingerprint density at radius 3 is 2.54 bits per heavy atom. The van der Waals surface area contributed by atoms with Crippen LogP contribution in [-0.2, 0) is 13.0 Å². The summed E-state index contributed by atoms with van der Waals surface area (Å²) in [5, 5.41) is 3.06. The van der Waals surface area contributed by atoms with E-state index in [0.717, 1.165) is 17.7 Å². The second-order valence-corrected chi connectivity index (χ2v) is 5.56. The first-order valence-electron chi connectivity index (χ1n) is 7.61. The first-order chi connectivity index (χ1) is 11.0. The van der Waals surface area contributed by atoms with Crippen LogP contribution in [0.2, 0.25) is 0 Å². The van der Waals surface area contributed by atoms with Crippen molar-refractivity contribution in [3.05, 3.63) is 59.4 Å². The van der Waals surface area contributed by atoms with E-state index in [1.807, 2.05) is 38.4 Å². The molecule has 0 spiro atoms. The molecule has 2 aromatic rings. The van der Waals surface area contributed by atoms with Crippen LogP contribution in [-0.4, -0.2) is 20.1 Å². The molecule has 0 atom stereocenters. The van der Waals surface area contributed by atoms with Gasteiger partial charge in [-0.15, -0.1) is 24.0 Å². The number of benzene rings is 2. The third-order valence-electron chi connectivity index (χ3n) is 3.53. The van der Waals surface area contributed by atoms with E-state index >= 15 is 0 Å². The van der Waals surface area contributed by atoms with Crippen molar-refractivity contribution >= 4 is 41.3 Å². The van der Waals surface area contributed by atoms with Gasteiger partial charge in [0.15, 0.2) is 5.96 Å². The van der Waals surface area contributed by atoms with Crippen LogP contribution < -0.4 is 16.0 Å². The van der Waals surface area contributed by atoms with Gasteiger partial charge < -0.3 is 16.0 Å². The average molecular weight is 442 g/mol. The second kappa shape index (κ2) is 9.46. The van der Waals surface area contributed by atoms with Crippen molar-refractivity contribution in [3.63, 3.8) is 0 Å². The Hall–Kier alpha value is -1.83. The first-order valence-corrected chi connectivity index (χ1v) is 7.61. The third kappa shape index (κ3) is 5.67. The lowest BCUT2D eigenvalue weighted by molar-refractivity contribution is 0.624. The topological polar surface area (TPSA) is 53.6 Å². The molecule has 3 N–H and O–H groups in total. The molecule has 2 aromatic carbocycles. The van der Waals surface area contributed by atoms with Gasteiger partial charge in [-0.1, -0.05) is 25.1 Å². The molecule has 130 valence electrons. The largest absolute Gasteiger partial charge is 0.375 e. The molecule has 0 saturated carbocycles. The molecule has 0 aliphatic rings. The normalized spacial score (nSPS) is 10.9.